The summed E-state index contributed by atoms with van der Waals surface area (Å²) in [4.78, 5) is 0.214. The number of sulfonamides is 1. The summed E-state index contributed by atoms with van der Waals surface area (Å²) in [5.41, 5.74) is 0. The minimum atomic E-state index is -3.58. The molecule has 1 aromatic heterocycles. The van der Waals surface area contributed by atoms with Crippen LogP contribution in [0.25, 0.3) is 0 Å². The molecule has 0 spiro atoms. The molecule has 1 aromatic carbocycles. The average Bonchev–Trinajstić information content (AvgIpc) is 3.05. The van der Waals surface area contributed by atoms with E-state index in [4.69, 9.17) is 13.9 Å². The Hall–Kier alpha value is -1.64. The van der Waals surface area contributed by atoms with E-state index in [1.54, 1.807) is 30.2 Å². The van der Waals surface area contributed by atoms with Crippen molar-refractivity contribution < 1.29 is 22.3 Å². The van der Waals surface area contributed by atoms with Crippen molar-refractivity contribution in [2.45, 2.75) is 16.6 Å². The van der Waals surface area contributed by atoms with Crippen LogP contribution in [0.3, 0.4) is 0 Å². The van der Waals surface area contributed by atoms with Gasteiger partial charge in [-0.2, -0.15) is 4.31 Å². The monoisotopic (exact) mass is 383 g/mol. The summed E-state index contributed by atoms with van der Waals surface area (Å²) < 4.78 is 43.4. The molecule has 1 atom stereocenters. The highest BCUT2D eigenvalue weighted by Crippen LogP contribution is 2.36. The number of furan rings is 1. The number of nitrogens with zero attached hydrogens (tertiary/aromatic N) is 1. The maximum Gasteiger partial charge on any atom is 0.243 e. The largest absolute Gasteiger partial charge is 0.493 e. The molecule has 1 aliphatic rings. The summed E-state index contributed by atoms with van der Waals surface area (Å²) in [5, 5.41) is 0.181. The molecule has 6 nitrogen and oxygen atoms in total. The highest BCUT2D eigenvalue weighted by atomic mass is 32.2. The number of hydrogen-bond donors (Lipinski definition) is 0. The van der Waals surface area contributed by atoms with E-state index in [0.29, 0.717) is 31.0 Å². The van der Waals surface area contributed by atoms with Crippen LogP contribution in [-0.2, 0) is 10.0 Å². The molecule has 3 rings (SSSR count). The first-order valence-corrected chi connectivity index (χ1v) is 10.4. The van der Waals surface area contributed by atoms with Crippen LogP contribution in [0.15, 0.2) is 45.9 Å². The van der Waals surface area contributed by atoms with Crippen LogP contribution in [0.5, 0.6) is 11.5 Å². The Bertz CT molecular complexity index is 804. The van der Waals surface area contributed by atoms with Crippen molar-refractivity contribution in [1.29, 1.82) is 0 Å². The summed E-state index contributed by atoms with van der Waals surface area (Å²) in [5.74, 6) is 2.53. The zero-order chi connectivity index (χ0) is 17.9. The van der Waals surface area contributed by atoms with Gasteiger partial charge in [-0.05, 0) is 30.7 Å². The van der Waals surface area contributed by atoms with Crippen molar-refractivity contribution in [3.05, 3.63) is 42.4 Å². The lowest BCUT2D eigenvalue weighted by molar-refractivity contribution is 0.353. The van der Waals surface area contributed by atoms with Crippen molar-refractivity contribution in [2.24, 2.45) is 0 Å². The summed E-state index contributed by atoms with van der Waals surface area (Å²) in [7, 11) is -0.570. The molecule has 2 aromatic rings. The third-order valence-corrected chi connectivity index (χ3v) is 7.34. The van der Waals surface area contributed by atoms with Crippen molar-refractivity contribution in [3.8, 4) is 11.5 Å². The van der Waals surface area contributed by atoms with E-state index >= 15 is 0 Å². The maximum absolute atomic E-state index is 13.0. The van der Waals surface area contributed by atoms with Crippen LogP contribution in [-0.4, -0.2) is 45.8 Å². The number of thioether (sulfide) groups is 1. The molecule has 0 aliphatic carbocycles. The minimum Gasteiger partial charge on any atom is -0.493 e. The average molecular weight is 383 g/mol. The Labute approximate surface area is 152 Å². The molecular formula is C17H21NO5S2. The lowest BCUT2D eigenvalue weighted by Crippen LogP contribution is -2.33. The zero-order valence-electron chi connectivity index (χ0n) is 14.2. The number of hydrogen-bond acceptors (Lipinski definition) is 6. The van der Waals surface area contributed by atoms with E-state index in [9.17, 15) is 8.42 Å². The summed E-state index contributed by atoms with van der Waals surface area (Å²) >= 11 is 1.73. The summed E-state index contributed by atoms with van der Waals surface area (Å²) in [6.45, 7) is 0.924. The van der Waals surface area contributed by atoms with Crippen molar-refractivity contribution in [1.82, 2.24) is 4.31 Å². The zero-order valence-corrected chi connectivity index (χ0v) is 15.8. The molecule has 1 aliphatic heterocycles. The summed E-state index contributed by atoms with van der Waals surface area (Å²) in [6, 6.07) is 8.48. The Morgan fingerprint density at radius 1 is 1.16 bits per heavy atom. The van der Waals surface area contributed by atoms with Gasteiger partial charge in [-0.25, -0.2) is 8.42 Å². The highest BCUT2D eigenvalue weighted by Gasteiger charge is 2.29. The second-order valence-corrected chi connectivity index (χ2v) is 8.83. The van der Waals surface area contributed by atoms with E-state index in [1.807, 2.05) is 12.1 Å². The Morgan fingerprint density at radius 3 is 2.64 bits per heavy atom. The van der Waals surface area contributed by atoms with E-state index in [0.717, 1.165) is 11.5 Å². The molecule has 0 bridgehead atoms. The number of ether oxygens (including phenoxy) is 2. The molecule has 0 saturated carbocycles. The molecule has 2 heterocycles. The van der Waals surface area contributed by atoms with E-state index in [-0.39, 0.29) is 10.1 Å². The first-order valence-electron chi connectivity index (χ1n) is 7.93. The van der Waals surface area contributed by atoms with Gasteiger partial charge in [0.05, 0.1) is 30.6 Å². The number of benzene rings is 1. The van der Waals surface area contributed by atoms with E-state index in [2.05, 4.69) is 0 Å². The first kappa shape index (κ1) is 18.2. The van der Waals surface area contributed by atoms with Crippen LogP contribution in [0.1, 0.15) is 17.4 Å². The Balaban J connectivity index is 1.80. The lowest BCUT2D eigenvalue weighted by Gasteiger charge is -2.20. The van der Waals surface area contributed by atoms with Gasteiger partial charge >= 0.3 is 0 Å². The second kappa shape index (κ2) is 7.72. The quantitative estimate of drug-likeness (QED) is 0.790. The van der Waals surface area contributed by atoms with Gasteiger partial charge in [0, 0.05) is 24.9 Å². The molecule has 0 amide bonds. The smallest absolute Gasteiger partial charge is 0.243 e. The van der Waals surface area contributed by atoms with Crippen molar-refractivity contribution >= 4 is 21.8 Å². The van der Waals surface area contributed by atoms with Gasteiger partial charge in [0.2, 0.25) is 10.0 Å². The summed E-state index contributed by atoms with van der Waals surface area (Å²) in [6.07, 6.45) is 2.36. The predicted octanol–water partition coefficient (Wildman–Crippen LogP) is 3.17. The van der Waals surface area contributed by atoms with Gasteiger partial charge in [-0.3, -0.25) is 0 Å². The Kier molecular flexibility index (Phi) is 5.61. The van der Waals surface area contributed by atoms with Gasteiger partial charge in [-0.1, -0.05) is 0 Å². The van der Waals surface area contributed by atoms with Crippen LogP contribution in [0, 0.1) is 0 Å². The first-order chi connectivity index (χ1) is 12.1. The fourth-order valence-corrected chi connectivity index (χ4v) is 5.59. The van der Waals surface area contributed by atoms with Crippen LogP contribution in [0.2, 0.25) is 0 Å². The van der Waals surface area contributed by atoms with Crippen LogP contribution >= 0.6 is 11.8 Å². The minimum absolute atomic E-state index is 0.181. The van der Waals surface area contributed by atoms with E-state index < -0.39 is 10.0 Å². The number of rotatable bonds is 5. The predicted molar refractivity (Wildman–Crippen MR) is 96.8 cm³/mol. The van der Waals surface area contributed by atoms with Gasteiger partial charge in [0.15, 0.2) is 11.5 Å². The molecule has 1 unspecified atom stereocenters. The SMILES string of the molecule is COc1ccc(S(=O)(=O)N2CCSC(c3ccco3)CC2)cc1OC. The second-order valence-electron chi connectivity index (χ2n) is 5.58. The van der Waals surface area contributed by atoms with Gasteiger partial charge in [-0.15, -0.1) is 11.8 Å². The highest BCUT2D eigenvalue weighted by molar-refractivity contribution is 7.99. The van der Waals surface area contributed by atoms with Gasteiger partial charge < -0.3 is 13.9 Å². The molecule has 8 heteroatoms. The molecule has 1 fully saturated rings. The fraction of sp³-hybridized carbons (Fsp3) is 0.412. The third kappa shape index (κ3) is 3.80. The molecule has 136 valence electrons. The van der Waals surface area contributed by atoms with Crippen LogP contribution < -0.4 is 9.47 Å². The molecule has 0 radical (unpaired) electrons. The fourth-order valence-electron chi connectivity index (χ4n) is 2.82. The van der Waals surface area contributed by atoms with Crippen molar-refractivity contribution in [3.63, 3.8) is 0 Å². The standard InChI is InChI=1S/C17H21NO5S2/c1-21-14-6-5-13(12-16(14)22-2)25(19,20)18-8-7-17(24-11-9-18)15-4-3-10-23-15/h3-6,10,12,17H,7-9,11H2,1-2H3. The normalized spacial score (nSPS) is 19.4. The van der Waals surface area contributed by atoms with Gasteiger partial charge in [0.1, 0.15) is 5.76 Å². The molecule has 1 saturated heterocycles. The Morgan fingerprint density at radius 2 is 1.96 bits per heavy atom. The lowest BCUT2D eigenvalue weighted by atomic mass is 10.2. The van der Waals surface area contributed by atoms with Crippen molar-refractivity contribution in [2.75, 3.05) is 33.1 Å². The van der Waals surface area contributed by atoms with Crippen LogP contribution in [0.4, 0.5) is 0 Å². The van der Waals surface area contributed by atoms with E-state index in [1.165, 1.54) is 24.6 Å². The number of methoxy groups -OCH3 is 2. The van der Waals surface area contributed by atoms with Gasteiger partial charge in [0.25, 0.3) is 0 Å². The molecular weight excluding hydrogens is 362 g/mol. The molecule has 25 heavy (non-hydrogen) atoms. The third-order valence-electron chi connectivity index (χ3n) is 4.15. The maximum atomic E-state index is 13.0. The topological polar surface area (TPSA) is 69.0 Å². The molecule has 0 N–H and O–H groups in total.